The molecule has 1 aliphatic heterocycles. The summed E-state index contributed by atoms with van der Waals surface area (Å²) in [6.45, 7) is 5.14. The lowest BCUT2D eigenvalue weighted by Crippen LogP contribution is -2.58. The molecule has 1 aromatic rings. The SMILES string of the molecule is C/C1=C/C[C@@]23OC(C)(C)[C@H](Cl)C=C2C(=O)c2c(cc(O)c(c2O)C/C(CO)=C\C1)C3=O. The van der Waals surface area contributed by atoms with Gasteiger partial charge in [0, 0.05) is 29.5 Å². The maximum absolute atomic E-state index is 13.8. The van der Waals surface area contributed by atoms with E-state index in [-0.39, 0.29) is 47.5 Å². The smallest absolute Gasteiger partial charge is 0.200 e. The molecule has 4 aliphatic carbocycles. The minimum absolute atomic E-state index is 0.0437. The molecule has 0 amide bonds. The van der Waals surface area contributed by atoms with Crippen molar-refractivity contribution in [3.8, 4) is 11.5 Å². The molecule has 2 atom stereocenters. The summed E-state index contributed by atoms with van der Waals surface area (Å²) >= 11 is 6.47. The number of fused-ring (bicyclic) bond motifs is 1. The first-order valence-electron chi connectivity index (χ1n) is 10.2. The molecular weight excluding hydrogens is 420 g/mol. The average Bonchev–Trinajstić information content (AvgIpc) is 2.71. The number of phenols is 2. The topological polar surface area (TPSA) is 104 Å². The predicted octanol–water partition coefficient (Wildman–Crippen LogP) is 3.76. The second-order valence-corrected chi connectivity index (χ2v) is 9.44. The van der Waals surface area contributed by atoms with E-state index in [4.69, 9.17) is 16.3 Å². The van der Waals surface area contributed by atoms with Crippen LogP contribution in [0.5, 0.6) is 11.5 Å². The number of benzene rings is 1. The maximum Gasteiger partial charge on any atom is 0.200 e. The van der Waals surface area contributed by atoms with Crippen molar-refractivity contribution in [3.63, 3.8) is 0 Å². The number of rotatable bonds is 1. The number of aromatic hydroxyl groups is 2. The van der Waals surface area contributed by atoms with E-state index in [0.717, 1.165) is 5.57 Å². The van der Waals surface area contributed by atoms with Crippen molar-refractivity contribution < 1.29 is 29.6 Å². The lowest BCUT2D eigenvalue weighted by molar-refractivity contribution is -0.103. The number of allylic oxidation sites excluding steroid dienone is 2. The molecule has 6 rings (SSSR count). The van der Waals surface area contributed by atoms with Gasteiger partial charge in [0.1, 0.15) is 11.5 Å². The number of hydrogen-bond acceptors (Lipinski definition) is 6. The Morgan fingerprint density at radius 2 is 1.94 bits per heavy atom. The first kappa shape index (κ1) is 21.8. The van der Waals surface area contributed by atoms with Crippen LogP contribution in [0.2, 0.25) is 0 Å². The molecule has 7 heteroatoms. The summed E-state index contributed by atoms with van der Waals surface area (Å²) in [6.07, 6.45) is 5.88. The molecule has 31 heavy (non-hydrogen) atoms. The second kappa shape index (κ2) is 7.33. The molecule has 0 aromatic heterocycles. The normalized spacial score (nSPS) is 30.9. The molecule has 5 aliphatic rings. The van der Waals surface area contributed by atoms with Crippen LogP contribution in [-0.2, 0) is 11.2 Å². The molecule has 4 bridgehead atoms. The molecule has 1 heterocycles. The largest absolute Gasteiger partial charge is 0.507 e. The van der Waals surface area contributed by atoms with Crippen molar-refractivity contribution in [1.82, 2.24) is 0 Å². The minimum Gasteiger partial charge on any atom is -0.507 e. The van der Waals surface area contributed by atoms with Crippen molar-refractivity contribution >= 4 is 23.2 Å². The zero-order chi connectivity index (χ0) is 22.7. The molecule has 6 nitrogen and oxygen atoms in total. The Kier molecular flexibility index (Phi) is 5.16. The first-order valence-corrected chi connectivity index (χ1v) is 10.6. The Balaban J connectivity index is 2.07. The molecule has 3 N–H and O–H groups in total. The number of ketones is 2. The quantitative estimate of drug-likeness (QED) is 0.450. The number of aliphatic hydroxyl groups excluding tert-OH is 1. The Morgan fingerprint density at radius 1 is 1.23 bits per heavy atom. The number of halogens is 1. The van der Waals surface area contributed by atoms with Crippen molar-refractivity contribution in [2.75, 3.05) is 6.61 Å². The summed E-state index contributed by atoms with van der Waals surface area (Å²) < 4.78 is 6.28. The number of ether oxygens (including phenoxy) is 1. The fourth-order valence-electron chi connectivity index (χ4n) is 4.47. The fourth-order valence-corrected chi connectivity index (χ4v) is 4.64. The standard InChI is InChI=1S/C24H25ClO6/c1-12-4-5-13(11-26)8-14-17(27)9-15-19(20(14)28)21(29)16-10-18(25)23(2,3)31-24(16,7-6-12)22(15)30/h5-6,9-10,18,26-28H,4,7-8,11H2,1-3H3/b12-6-,13-5+/t18-,24-/m1/s1. The average molecular weight is 445 g/mol. The Hall–Kier alpha value is -2.41. The summed E-state index contributed by atoms with van der Waals surface area (Å²) in [7, 11) is 0. The van der Waals surface area contributed by atoms with Crippen molar-refractivity contribution in [3.05, 3.63) is 57.7 Å². The van der Waals surface area contributed by atoms with Crippen molar-refractivity contribution in [1.29, 1.82) is 0 Å². The van der Waals surface area contributed by atoms with Gasteiger partial charge in [0.05, 0.1) is 23.1 Å². The van der Waals surface area contributed by atoms with Crippen LogP contribution in [-0.4, -0.2) is 50.1 Å². The predicted molar refractivity (Wildman–Crippen MR) is 116 cm³/mol. The maximum atomic E-state index is 13.8. The summed E-state index contributed by atoms with van der Waals surface area (Å²) in [6, 6.07) is 1.22. The van der Waals surface area contributed by atoms with Crippen LogP contribution in [0.3, 0.4) is 0 Å². The molecule has 0 fully saturated rings. The number of alkyl halides is 1. The number of phenolic OH excluding ortho intramolecular Hbond substituents is 2. The van der Waals surface area contributed by atoms with Gasteiger partial charge in [-0.2, -0.15) is 0 Å². The van der Waals surface area contributed by atoms with E-state index in [1.54, 1.807) is 19.9 Å². The number of aliphatic hydroxyl groups is 1. The minimum atomic E-state index is -1.60. The van der Waals surface area contributed by atoms with Gasteiger partial charge in [0.25, 0.3) is 0 Å². The first-order chi connectivity index (χ1) is 14.5. The van der Waals surface area contributed by atoms with Gasteiger partial charge in [0.2, 0.25) is 5.78 Å². The molecule has 0 unspecified atom stereocenters. The summed E-state index contributed by atoms with van der Waals surface area (Å²) in [5.74, 6) is -1.81. The monoisotopic (exact) mass is 444 g/mol. The molecule has 0 saturated carbocycles. The van der Waals surface area contributed by atoms with Gasteiger partial charge in [-0.15, -0.1) is 11.6 Å². The highest BCUT2D eigenvalue weighted by Crippen LogP contribution is 2.50. The van der Waals surface area contributed by atoms with Gasteiger partial charge >= 0.3 is 0 Å². The Labute approximate surface area is 185 Å². The summed E-state index contributed by atoms with van der Waals surface area (Å²) in [4.78, 5) is 27.4. The van der Waals surface area contributed by atoms with Gasteiger partial charge in [-0.25, -0.2) is 0 Å². The lowest BCUT2D eigenvalue weighted by atomic mass is 9.69. The zero-order valence-corrected chi connectivity index (χ0v) is 18.4. The molecular formula is C24H25ClO6. The third-order valence-electron chi connectivity index (χ3n) is 6.37. The van der Waals surface area contributed by atoms with Crippen molar-refractivity contribution in [2.24, 2.45) is 0 Å². The number of carbonyl (C=O) groups excluding carboxylic acids is 2. The van der Waals surface area contributed by atoms with Crippen LogP contribution in [0.4, 0.5) is 0 Å². The van der Waals surface area contributed by atoms with Crippen LogP contribution < -0.4 is 0 Å². The molecule has 0 radical (unpaired) electrons. The third-order valence-corrected chi connectivity index (χ3v) is 7.02. The Morgan fingerprint density at radius 3 is 2.61 bits per heavy atom. The summed E-state index contributed by atoms with van der Waals surface area (Å²) in [5, 5.41) is 30.6. The van der Waals surface area contributed by atoms with E-state index in [0.29, 0.717) is 12.0 Å². The van der Waals surface area contributed by atoms with Gasteiger partial charge < -0.3 is 20.1 Å². The lowest BCUT2D eigenvalue weighted by Gasteiger charge is -2.48. The van der Waals surface area contributed by atoms with Crippen LogP contribution in [0.25, 0.3) is 0 Å². The van der Waals surface area contributed by atoms with Gasteiger partial charge in [-0.1, -0.05) is 23.8 Å². The highest BCUT2D eigenvalue weighted by Gasteiger charge is 2.57. The highest BCUT2D eigenvalue weighted by atomic mass is 35.5. The van der Waals surface area contributed by atoms with Gasteiger partial charge in [-0.3, -0.25) is 9.59 Å². The molecule has 1 spiro atoms. The van der Waals surface area contributed by atoms with Crippen LogP contribution in [0.15, 0.2) is 41.0 Å². The van der Waals surface area contributed by atoms with E-state index < -0.39 is 33.9 Å². The van der Waals surface area contributed by atoms with Crippen LogP contribution in [0, 0.1) is 0 Å². The highest BCUT2D eigenvalue weighted by molar-refractivity contribution is 6.30. The fraction of sp³-hybridized carbons (Fsp3) is 0.417. The number of hydrogen-bond donors (Lipinski definition) is 3. The van der Waals surface area contributed by atoms with E-state index >= 15 is 0 Å². The third kappa shape index (κ3) is 3.25. The van der Waals surface area contributed by atoms with E-state index in [2.05, 4.69) is 0 Å². The van der Waals surface area contributed by atoms with Gasteiger partial charge in [-0.05, 0) is 38.8 Å². The van der Waals surface area contributed by atoms with E-state index in [9.17, 15) is 24.9 Å². The number of carbonyl (C=O) groups is 2. The van der Waals surface area contributed by atoms with Gasteiger partial charge in [0.15, 0.2) is 11.4 Å². The molecule has 1 aromatic carbocycles. The number of Topliss-reactive ketones (excluding diaryl/α,β-unsaturated/α-hetero) is 2. The summed E-state index contributed by atoms with van der Waals surface area (Å²) in [5.41, 5.74) is -1.06. The van der Waals surface area contributed by atoms with E-state index in [1.807, 2.05) is 19.1 Å². The van der Waals surface area contributed by atoms with Crippen LogP contribution >= 0.6 is 11.6 Å². The van der Waals surface area contributed by atoms with Crippen LogP contribution in [0.1, 0.15) is 59.9 Å². The van der Waals surface area contributed by atoms with Crippen molar-refractivity contribution in [2.45, 2.75) is 56.6 Å². The molecule has 164 valence electrons. The zero-order valence-electron chi connectivity index (χ0n) is 17.7. The van der Waals surface area contributed by atoms with E-state index in [1.165, 1.54) is 6.07 Å². The Bertz CT molecular complexity index is 1090. The molecule has 0 saturated heterocycles. The second-order valence-electron chi connectivity index (χ2n) is 8.97.